The third-order valence-corrected chi connectivity index (χ3v) is 3.13. The van der Waals surface area contributed by atoms with Gasteiger partial charge in [0.05, 0.1) is 0 Å². The molecule has 0 saturated heterocycles. The maximum atomic E-state index is 12.0. The van der Waals surface area contributed by atoms with Crippen molar-refractivity contribution in [2.45, 2.75) is 6.92 Å². The van der Waals surface area contributed by atoms with Crippen molar-refractivity contribution in [2.75, 3.05) is 5.32 Å². The summed E-state index contributed by atoms with van der Waals surface area (Å²) in [6.45, 7) is 1.96. The predicted molar refractivity (Wildman–Crippen MR) is 84.8 cm³/mol. The molecule has 0 bridgehead atoms. The molecule has 1 aromatic carbocycles. The van der Waals surface area contributed by atoms with Crippen molar-refractivity contribution in [2.24, 2.45) is 0 Å². The summed E-state index contributed by atoms with van der Waals surface area (Å²) in [5, 5.41) is 11.7. The molecule has 1 aromatic heterocycles. The number of anilines is 1. The summed E-state index contributed by atoms with van der Waals surface area (Å²) in [4.78, 5) is 12.0. The van der Waals surface area contributed by atoms with Gasteiger partial charge in [-0.15, -0.1) is 0 Å². The number of rotatable bonds is 3. The van der Waals surface area contributed by atoms with Gasteiger partial charge in [0.1, 0.15) is 17.4 Å². The van der Waals surface area contributed by atoms with Crippen LogP contribution in [-0.4, -0.2) is 5.91 Å². The molecule has 0 aliphatic heterocycles. The molecule has 1 N–H and O–H groups in total. The number of furan rings is 1. The number of nitriles is 1. The highest BCUT2D eigenvalue weighted by atomic mass is 127. The Morgan fingerprint density at radius 3 is 2.55 bits per heavy atom. The van der Waals surface area contributed by atoms with Crippen molar-refractivity contribution >= 4 is 40.3 Å². The van der Waals surface area contributed by atoms with Crippen LogP contribution in [-0.2, 0) is 4.79 Å². The maximum Gasteiger partial charge on any atom is 0.266 e. The lowest BCUT2D eigenvalue weighted by Crippen LogP contribution is -2.13. The van der Waals surface area contributed by atoms with Gasteiger partial charge in [-0.2, -0.15) is 5.26 Å². The van der Waals surface area contributed by atoms with E-state index >= 15 is 0 Å². The molecule has 1 amide bonds. The molecule has 0 unspecified atom stereocenters. The second-order valence-electron chi connectivity index (χ2n) is 4.13. The zero-order valence-electron chi connectivity index (χ0n) is 10.7. The number of benzene rings is 1. The molecule has 0 fully saturated rings. The van der Waals surface area contributed by atoms with Crippen molar-refractivity contribution in [3.8, 4) is 6.07 Å². The molecule has 0 spiro atoms. The van der Waals surface area contributed by atoms with Crippen molar-refractivity contribution in [1.29, 1.82) is 5.26 Å². The van der Waals surface area contributed by atoms with E-state index in [2.05, 4.69) is 5.32 Å². The van der Waals surface area contributed by atoms with Crippen LogP contribution in [0, 0.1) is 22.0 Å². The Kier molecular flexibility index (Phi) is 4.58. The summed E-state index contributed by atoms with van der Waals surface area (Å²) in [6.07, 6.45) is 1.42. The van der Waals surface area contributed by atoms with Crippen LogP contribution in [0.3, 0.4) is 0 Å². The Morgan fingerprint density at radius 2 is 2.00 bits per heavy atom. The average Bonchev–Trinajstić information content (AvgIpc) is 2.84. The number of carbonyl (C=O) groups is 1. The normalized spacial score (nSPS) is 10.9. The fourth-order valence-corrected chi connectivity index (χ4v) is 1.97. The Bertz CT molecular complexity index is 693. The molecular weight excluding hydrogens is 367 g/mol. The molecule has 2 aromatic rings. The second kappa shape index (κ2) is 6.39. The topological polar surface area (TPSA) is 66.0 Å². The maximum absolute atomic E-state index is 12.0. The lowest BCUT2D eigenvalue weighted by molar-refractivity contribution is -0.112. The summed E-state index contributed by atoms with van der Waals surface area (Å²) in [7, 11) is 0. The van der Waals surface area contributed by atoms with Crippen LogP contribution in [0.1, 0.15) is 11.3 Å². The number of halogens is 1. The highest BCUT2D eigenvalue weighted by Gasteiger charge is 2.10. The van der Waals surface area contributed by atoms with Gasteiger partial charge >= 0.3 is 0 Å². The van der Waals surface area contributed by atoms with Gasteiger partial charge in [0.25, 0.3) is 5.91 Å². The van der Waals surface area contributed by atoms with E-state index in [1.807, 2.05) is 47.7 Å². The molecule has 100 valence electrons. The van der Waals surface area contributed by atoms with Crippen LogP contribution in [0.15, 0.2) is 46.4 Å². The first-order valence-corrected chi connectivity index (χ1v) is 6.91. The minimum absolute atomic E-state index is 0.00340. The van der Waals surface area contributed by atoms with E-state index in [0.717, 1.165) is 5.56 Å². The molecule has 0 aliphatic rings. The number of aryl methyl sites for hydroxylation is 1. The summed E-state index contributed by atoms with van der Waals surface area (Å²) >= 11 is 2.02. The molecule has 0 aliphatic carbocycles. The zero-order valence-corrected chi connectivity index (χ0v) is 12.8. The van der Waals surface area contributed by atoms with E-state index in [1.54, 1.807) is 24.3 Å². The minimum atomic E-state index is -0.456. The molecule has 4 nitrogen and oxygen atoms in total. The van der Waals surface area contributed by atoms with Crippen LogP contribution < -0.4 is 5.32 Å². The van der Waals surface area contributed by atoms with Gasteiger partial charge in [0, 0.05) is 11.8 Å². The van der Waals surface area contributed by atoms with E-state index in [1.165, 1.54) is 6.08 Å². The summed E-state index contributed by atoms with van der Waals surface area (Å²) in [5.41, 5.74) is 1.75. The number of nitrogens with one attached hydrogen (secondary N) is 1. The lowest BCUT2D eigenvalue weighted by atomic mass is 10.2. The lowest BCUT2D eigenvalue weighted by Gasteiger charge is -2.04. The van der Waals surface area contributed by atoms with Gasteiger partial charge in [-0.3, -0.25) is 4.79 Å². The van der Waals surface area contributed by atoms with Crippen molar-refractivity contribution in [3.63, 3.8) is 0 Å². The van der Waals surface area contributed by atoms with E-state index in [-0.39, 0.29) is 5.57 Å². The van der Waals surface area contributed by atoms with Gasteiger partial charge in [-0.25, -0.2) is 0 Å². The third-order valence-electron chi connectivity index (χ3n) is 2.56. The van der Waals surface area contributed by atoms with Gasteiger partial charge in [-0.1, -0.05) is 17.7 Å². The number of nitrogens with zero attached hydrogens (tertiary/aromatic N) is 1. The molecule has 1 heterocycles. The summed E-state index contributed by atoms with van der Waals surface area (Å²) in [6, 6.07) is 12.7. The summed E-state index contributed by atoms with van der Waals surface area (Å²) in [5.74, 6) is 0.0211. The van der Waals surface area contributed by atoms with Crippen LogP contribution >= 0.6 is 22.6 Å². The van der Waals surface area contributed by atoms with Crippen molar-refractivity contribution in [1.82, 2.24) is 0 Å². The largest absolute Gasteiger partial charge is 0.451 e. The standard InChI is InChI=1S/C15H11IN2O2/c1-10-2-4-12(5-3-10)18-15(19)11(9-17)8-13-6-7-14(16)20-13/h2-8H,1H3,(H,18,19)/b11-8-. The number of carbonyl (C=O) groups excluding carboxylic acids is 1. The number of hydrogen-bond acceptors (Lipinski definition) is 3. The first kappa shape index (κ1) is 14.3. The van der Waals surface area contributed by atoms with Crippen molar-refractivity contribution in [3.05, 3.63) is 57.1 Å². The zero-order chi connectivity index (χ0) is 14.5. The SMILES string of the molecule is Cc1ccc(NC(=O)/C(C#N)=C\c2ccc(I)o2)cc1. The van der Waals surface area contributed by atoms with Gasteiger partial charge in [0.2, 0.25) is 0 Å². The Labute approximate surface area is 130 Å². The Hall–Kier alpha value is -2.07. The van der Waals surface area contributed by atoms with Crippen LogP contribution in [0.25, 0.3) is 6.08 Å². The van der Waals surface area contributed by atoms with Gasteiger partial charge < -0.3 is 9.73 Å². The fraction of sp³-hybridized carbons (Fsp3) is 0.0667. The van der Waals surface area contributed by atoms with E-state index < -0.39 is 5.91 Å². The van der Waals surface area contributed by atoms with Crippen LogP contribution in [0.2, 0.25) is 0 Å². The third kappa shape index (κ3) is 3.71. The highest BCUT2D eigenvalue weighted by Crippen LogP contribution is 2.15. The van der Waals surface area contributed by atoms with E-state index in [9.17, 15) is 4.79 Å². The van der Waals surface area contributed by atoms with E-state index in [0.29, 0.717) is 15.2 Å². The quantitative estimate of drug-likeness (QED) is 0.503. The first-order valence-electron chi connectivity index (χ1n) is 5.83. The number of hydrogen-bond donors (Lipinski definition) is 1. The van der Waals surface area contributed by atoms with Gasteiger partial charge in [-0.05, 0) is 53.8 Å². The average molecular weight is 378 g/mol. The monoisotopic (exact) mass is 378 g/mol. The van der Waals surface area contributed by atoms with Crippen molar-refractivity contribution < 1.29 is 9.21 Å². The predicted octanol–water partition coefficient (Wildman–Crippen LogP) is 3.74. The molecule has 5 heteroatoms. The molecular formula is C15H11IN2O2. The molecule has 0 saturated carbocycles. The Morgan fingerprint density at radius 1 is 1.30 bits per heavy atom. The second-order valence-corrected chi connectivity index (χ2v) is 5.20. The first-order chi connectivity index (χ1) is 9.58. The molecule has 20 heavy (non-hydrogen) atoms. The number of amides is 1. The minimum Gasteiger partial charge on any atom is -0.451 e. The molecule has 0 atom stereocenters. The summed E-state index contributed by atoms with van der Waals surface area (Å²) < 4.78 is 6.01. The highest BCUT2D eigenvalue weighted by molar-refractivity contribution is 14.1. The fourth-order valence-electron chi connectivity index (χ4n) is 1.53. The van der Waals surface area contributed by atoms with Crippen LogP contribution in [0.4, 0.5) is 5.69 Å². The molecule has 2 rings (SSSR count). The van der Waals surface area contributed by atoms with Crippen LogP contribution in [0.5, 0.6) is 0 Å². The smallest absolute Gasteiger partial charge is 0.266 e. The van der Waals surface area contributed by atoms with Gasteiger partial charge in [0.15, 0.2) is 3.77 Å². The Balaban J connectivity index is 2.16. The molecule has 0 radical (unpaired) electrons. The van der Waals surface area contributed by atoms with E-state index in [4.69, 9.17) is 9.68 Å².